The average molecular weight is 273 g/mol. The van der Waals surface area contributed by atoms with Gasteiger partial charge in [0.1, 0.15) is 0 Å². The summed E-state index contributed by atoms with van der Waals surface area (Å²) in [5.74, 6) is 0. The van der Waals surface area contributed by atoms with E-state index in [1.54, 1.807) is 0 Å². The zero-order valence-electron chi connectivity index (χ0n) is 12.8. The van der Waals surface area contributed by atoms with Crippen LogP contribution < -0.4 is 5.73 Å². The van der Waals surface area contributed by atoms with Crippen molar-refractivity contribution < 1.29 is 0 Å². The van der Waals surface area contributed by atoms with Crippen molar-refractivity contribution in [1.29, 1.82) is 0 Å². The van der Waals surface area contributed by atoms with E-state index in [0.717, 1.165) is 25.9 Å². The quantitative estimate of drug-likeness (QED) is 0.902. The maximum absolute atomic E-state index is 6.27. The lowest BCUT2D eigenvalue weighted by Gasteiger charge is -2.42. The second kappa shape index (κ2) is 5.47. The lowest BCUT2D eigenvalue weighted by atomic mass is 9.92. The predicted octanol–water partition coefficient (Wildman–Crippen LogP) is 1.51. The van der Waals surface area contributed by atoms with Crippen LogP contribution >= 0.6 is 0 Å². The number of benzene rings is 1. The first-order chi connectivity index (χ1) is 9.64. The van der Waals surface area contributed by atoms with Crippen LogP contribution in [0, 0.1) is 0 Å². The number of hydrogen-bond donors (Lipinski definition) is 1. The van der Waals surface area contributed by atoms with E-state index in [1.807, 2.05) is 0 Å². The number of rotatable bonds is 4. The molecule has 1 aliphatic heterocycles. The van der Waals surface area contributed by atoms with Crippen LogP contribution in [0.3, 0.4) is 0 Å². The van der Waals surface area contributed by atoms with E-state index in [4.69, 9.17) is 5.73 Å². The van der Waals surface area contributed by atoms with Gasteiger partial charge in [-0.15, -0.1) is 0 Å². The van der Waals surface area contributed by atoms with Gasteiger partial charge in [0, 0.05) is 24.7 Å². The summed E-state index contributed by atoms with van der Waals surface area (Å²) in [4.78, 5) is 5.04. The van der Waals surface area contributed by atoms with E-state index in [2.05, 4.69) is 48.2 Å². The molecule has 1 aliphatic carbocycles. The van der Waals surface area contributed by atoms with E-state index >= 15 is 0 Å². The first kappa shape index (κ1) is 14.1. The molecule has 1 aromatic rings. The lowest BCUT2D eigenvalue weighted by Crippen LogP contribution is -2.58. The highest BCUT2D eigenvalue weighted by Gasteiger charge is 2.45. The highest BCUT2D eigenvalue weighted by molar-refractivity contribution is 5.37. The summed E-state index contributed by atoms with van der Waals surface area (Å²) in [5.41, 5.74) is 9.45. The Bertz CT molecular complexity index is 444. The average Bonchev–Trinajstić information content (AvgIpc) is 3.02. The Morgan fingerprint density at radius 2 is 1.90 bits per heavy atom. The topological polar surface area (TPSA) is 32.5 Å². The van der Waals surface area contributed by atoms with Crippen molar-refractivity contribution in [2.75, 3.05) is 33.7 Å². The van der Waals surface area contributed by atoms with Gasteiger partial charge in [-0.3, -0.25) is 4.90 Å². The molecule has 1 unspecified atom stereocenters. The zero-order chi connectivity index (χ0) is 14.2. The molecule has 0 radical (unpaired) electrons. The minimum absolute atomic E-state index is 0.168. The SMILES string of the molecule is CN(C)CC1CCCN1C1(CN)Cc2ccccc2C1. The van der Waals surface area contributed by atoms with Crippen LogP contribution in [0.25, 0.3) is 0 Å². The van der Waals surface area contributed by atoms with Crippen LogP contribution in [0.4, 0.5) is 0 Å². The van der Waals surface area contributed by atoms with Crippen LogP contribution in [0.1, 0.15) is 24.0 Å². The van der Waals surface area contributed by atoms with Gasteiger partial charge in [0.05, 0.1) is 0 Å². The number of hydrogen-bond acceptors (Lipinski definition) is 3. The number of likely N-dealkylation sites (tertiary alicyclic amines) is 1. The fourth-order valence-corrected chi connectivity index (χ4v) is 4.21. The second-order valence-electron chi connectivity index (χ2n) is 6.80. The molecule has 3 heteroatoms. The minimum Gasteiger partial charge on any atom is -0.329 e. The van der Waals surface area contributed by atoms with Crippen LogP contribution in [0.15, 0.2) is 24.3 Å². The van der Waals surface area contributed by atoms with Crippen molar-refractivity contribution in [1.82, 2.24) is 9.80 Å². The van der Waals surface area contributed by atoms with Gasteiger partial charge in [-0.05, 0) is 57.5 Å². The molecule has 2 N–H and O–H groups in total. The Kier molecular flexibility index (Phi) is 3.85. The van der Waals surface area contributed by atoms with Crippen molar-refractivity contribution in [2.24, 2.45) is 5.73 Å². The van der Waals surface area contributed by atoms with Gasteiger partial charge in [0.15, 0.2) is 0 Å². The third kappa shape index (κ3) is 2.39. The molecule has 3 nitrogen and oxygen atoms in total. The van der Waals surface area contributed by atoms with Gasteiger partial charge in [-0.2, -0.15) is 0 Å². The number of nitrogens with zero attached hydrogens (tertiary/aromatic N) is 2. The Morgan fingerprint density at radius 3 is 2.45 bits per heavy atom. The maximum Gasteiger partial charge on any atom is 0.0415 e. The number of likely N-dealkylation sites (N-methyl/N-ethyl adjacent to an activating group) is 1. The molecule has 2 aliphatic rings. The van der Waals surface area contributed by atoms with Gasteiger partial charge >= 0.3 is 0 Å². The monoisotopic (exact) mass is 273 g/mol. The van der Waals surface area contributed by atoms with Gasteiger partial charge in [0.25, 0.3) is 0 Å². The number of nitrogens with two attached hydrogens (primary N) is 1. The standard InChI is InChI=1S/C17H27N3/c1-19(2)12-16-8-5-9-20(16)17(13-18)10-14-6-3-4-7-15(14)11-17/h3-4,6-7,16H,5,8-13,18H2,1-2H3. The molecule has 1 fully saturated rings. The molecule has 0 spiro atoms. The van der Waals surface area contributed by atoms with Crippen LogP contribution in [0.2, 0.25) is 0 Å². The molecule has 0 aromatic heterocycles. The van der Waals surface area contributed by atoms with Gasteiger partial charge in [-0.25, -0.2) is 0 Å². The summed E-state index contributed by atoms with van der Waals surface area (Å²) < 4.78 is 0. The Hall–Kier alpha value is -0.900. The third-order valence-corrected chi connectivity index (χ3v) is 5.10. The molecule has 1 saturated heterocycles. The Labute approximate surface area is 122 Å². The summed E-state index contributed by atoms with van der Waals surface area (Å²) in [6.07, 6.45) is 4.89. The fraction of sp³-hybridized carbons (Fsp3) is 0.647. The van der Waals surface area contributed by atoms with E-state index in [-0.39, 0.29) is 5.54 Å². The smallest absolute Gasteiger partial charge is 0.0415 e. The largest absolute Gasteiger partial charge is 0.329 e. The first-order valence-electron chi connectivity index (χ1n) is 7.83. The van der Waals surface area contributed by atoms with Gasteiger partial charge in [-0.1, -0.05) is 24.3 Å². The van der Waals surface area contributed by atoms with Crippen molar-refractivity contribution in [3.05, 3.63) is 35.4 Å². The van der Waals surface area contributed by atoms with Crippen molar-refractivity contribution in [3.8, 4) is 0 Å². The normalized spacial score (nSPS) is 25.3. The zero-order valence-corrected chi connectivity index (χ0v) is 12.8. The molecular weight excluding hydrogens is 246 g/mol. The Balaban J connectivity index is 1.84. The lowest BCUT2D eigenvalue weighted by molar-refractivity contribution is 0.0750. The third-order valence-electron chi connectivity index (χ3n) is 5.10. The predicted molar refractivity (Wildman–Crippen MR) is 83.9 cm³/mol. The van der Waals surface area contributed by atoms with E-state index < -0.39 is 0 Å². The summed E-state index contributed by atoms with van der Waals surface area (Å²) in [7, 11) is 4.35. The van der Waals surface area contributed by atoms with Crippen molar-refractivity contribution >= 4 is 0 Å². The van der Waals surface area contributed by atoms with E-state index in [9.17, 15) is 0 Å². The summed E-state index contributed by atoms with van der Waals surface area (Å²) in [5, 5.41) is 0. The summed E-state index contributed by atoms with van der Waals surface area (Å²) in [6.45, 7) is 3.13. The van der Waals surface area contributed by atoms with Crippen molar-refractivity contribution in [3.63, 3.8) is 0 Å². The Morgan fingerprint density at radius 1 is 1.25 bits per heavy atom. The maximum atomic E-state index is 6.27. The second-order valence-corrected chi connectivity index (χ2v) is 6.80. The molecule has 1 heterocycles. The van der Waals surface area contributed by atoms with Gasteiger partial charge < -0.3 is 10.6 Å². The highest BCUT2D eigenvalue weighted by Crippen LogP contribution is 2.38. The first-order valence-corrected chi connectivity index (χ1v) is 7.83. The molecule has 0 amide bonds. The van der Waals surface area contributed by atoms with Crippen molar-refractivity contribution in [2.45, 2.75) is 37.3 Å². The molecule has 0 bridgehead atoms. The summed E-state index contributed by atoms with van der Waals surface area (Å²) >= 11 is 0. The van der Waals surface area contributed by atoms with E-state index in [0.29, 0.717) is 6.04 Å². The van der Waals surface area contributed by atoms with Crippen LogP contribution in [-0.2, 0) is 12.8 Å². The van der Waals surface area contributed by atoms with Crippen LogP contribution in [-0.4, -0.2) is 55.1 Å². The molecule has 1 atom stereocenters. The summed E-state index contributed by atoms with van der Waals surface area (Å²) in [6, 6.07) is 9.55. The van der Waals surface area contributed by atoms with Crippen LogP contribution in [0.5, 0.6) is 0 Å². The van der Waals surface area contributed by atoms with E-state index in [1.165, 1.54) is 30.5 Å². The highest BCUT2D eigenvalue weighted by atomic mass is 15.3. The molecular formula is C17H27N3. The molecule has 110 valence electrons. The van der Waals surface area contributed by atoms with Gasteiger partial charge in [0.2, 0.25) is 0 Å². The minimum atomic E-state index is 0.168. The molecule has 1 aromatic carbocycles. The molecule has 3 rings (SSSR count). The molecule has 0 saturated carbocycles. The molecule has 20 heavy (non-hydrogen) atoms. The fourth-order valence-electron chi connectivity index (χ4n) is 4.21. The number of fused-ring (bicyclic) bond motifs is 1.